The molecule has 0 saturated carbocycles. The Hall–Kier alpha value is -5.23. The van der Waals surface area contributed by atoms with Crippen LogP contribution in [0.4, 0.5) is 0 Å². The summed E-state index contributed by atoms with van der Waals surface area (Å²) in [6.45, 7) is 0. The monoisotopic (exact) mass is 566 g/mol. The standard InChI is InChI=1S/C32H18N8.Cr/c1-2-10-18-17(9-1)25-33-26(18)38-28-21-13-5-6-14-22(21)30(35-28)40-32-24-16-8-7-15-23(24)31(36-32)39-29-20-12-4-3-11-19(20)27(34-29)37-25;/h1-16H,(H2,33,34,35,36,37,38,39,40);. The first-order chi connectivity index (χ1) is 19.8. The molecule has 8 bridgehead atoms. The summed E-state index contributed by atoms with van der Waals surface area (Å²) in [5, 5.41) is 3.82. The fourth-order valence-electron chi connectivity index (χ4n) is 5.59. The fraction of sp³-hybridized carbons (Fsp3) is 0. The predicted molar refractivity (Wildman–Crippen MR) is 156 cm³/mol. The first-order valence-corrected chi connectivity index (χ1v) is 13.0. The second-order valence-electron chi connectivity index (χ2n) is 9.79. The van der Waals surface area contributed by atoms with E-state index < -0.39 is 0 Å². The summed E-state index contributed by atoms with van der Waals surface area (Å²) < 4.78 is 0. The Bertz CT molecular complexity index is 2030. The Morgan fingerprint density at radius 1 is 0.317 bits per heavy atom. The second kappa shape index (κ2) is 8.90. The number of aromatic nitrogens is 8. The Morgan fingerprint density at radius 2 is 0.561 bits per heavy atom. The molecule has 0 saturated heterocycles. The van der Waals surface area contributed by atoms with E-state index in [1.54, 1.807) is 0 Å². The van der Waals surface area contributed by atoms with Gasteiger partial charge in [-0.05, 0) is 0 Å². The molecule has 7 aromatic rings. The third-order valence-electron chi connectivity index (χ3n) is 7.46. The molecule has 9 rings (SSSR count). The van der Waals surface area contributed by atoms with Gasteiger partial charge in [0.1, 0.15) is 22.6 Å². The molecule has 0 amide bonds. The van der Waals surface area contributed by atoms with E-state index in [0.29, 0.717) is 45.9 Å². The molecule has 2 N–H and O–H groups in total. The number of hydrogen-bond donors (Lipinski definition) is 2. The molecule has 8 nitrogen and oxygen atoms in total. The number of H-pyrrole nitrogens is 2. The van der Waals surface area contributed by atoms with Crippen LogP contribution in [-0.2, 0) is 17.4 Å². The van der Waals surface area contributed by atoms with Crippen molar-refractivity contribution in [2.45, 2.75) is 0 Å². The first-order valence-electron chi connectivity index (χ1n) is 13.0. The maximum absolute atomic E-state index is 5.02. The van der Waals surface area contributed by atoms with E-state index in [0.717, 1.165) is 43.8 Å². The molecule has 3 aromatic heterocycles. The Morgan fingerprint density at radius 3 is 0.829 bits per heavy atom. The first kappa shape index (κ1) is 23.6. The molecule has 192 valence electrons. The van der Waals surface area contributed by atoms with Crippen molar-refractivity contribution in [2.75, 3.05) is 0 Å². The summed E-state index contributed by atoms with van der Waals surface area (Å²) in [5.41, 5.74) is 6.45. The van der Waals surface area contributed by atoms with Crippen LogP contribution >= 0.6 is 0 Å². The Labute approximate surface area is 243 Å². The average Bonchev–Trinajstić information content (AvgIpc) is 3.73. The van der Waals surface area contributed by atoms with Gasteiger partial charge in [0.05, 0.1) is 0 Å². The van der Waals surface area contributed by atoms with E-state index in [9.17, 15) is 0 Å². The second-order valence-corrected chi connectivity index (χ2v) is 9.79. The summed E-state index contributed by atoms with van der Waals surface area (Å²) in [5.74, 6) is 2.39. The Kier molecular flexibility index (Phi) is 5.13. The summed E-state index contributed by atoms with van der Waals surface area (Å²) >= 11 is 0. The minimum absolute atomic E-state index is 0. The normalized spacial score (nSPS) is 11.7. The van der Waals surface area contributed by atoms with Gasteiger partial charge in [-0.2, -0.15) is 0 Å². The summed E-state index contributed by atoms with van der Waals surface area (Å²) in [4.78, 5) is 36.8. The minimum Gasteiger partial charge on any atom is -0.324 e. The van der Waals surface area contributed by atoms with E-state index >= 15 is 0 Å². The molecule has 5 heterocycles. The van der Waals surface area contributed by atoms with Gasteiger partial charge in [0, 0.05) is 61.2 Å². The van der Waals surface area contributed by atoms with Gasteiger partial charge in [0.25, 0.3) is 0 Å². The van der Waals surface area contributed by atoms with Crippen LogP contribution < -0.4 is 0 Å². The van der Waals surface area contributed by atoms with Gasteiger partial charge in [-0.25, -0.2) is 29.9 Å². The number of hydrogen-bond acceptors (Lipinski definition) is 6. The molecule has 0 aliphatic carbocycles. The molecule has 41 heavy (non-hydrogen) atoms. The van der Waals surface area contributed by atoms with Gasteiger partial charge in [0.15, 0.2) is 23.3 Å². The van der Waals surface area contributed by atoms with Crippen molar-refractivity contribution in [1.29, 1.82) is 0 Å². The van der Waals surface area contributed by atoms with Gasteiger partial charge in [0.2, 0.25) is 0 Å². The minimum atomic E-state index is 0. The summed E-state index contributed by atoms with van der Waals surface area (Å²) in [6.07, 6.45) is 0. The van der Waals surface area contributed by atoms with Gasteiger partial charge >= 0.3 is 0 Å². The number of benzene rings is 4. The van der Waals surface area contributed by atoms with Crippen LogP contribution in [0.5, 0.6) is 0 Å². The molecule has 0 unspecified atom stereocenters. The van der Waals surface area contributed by atoms with Crippen molar-refractivity contribution < 1.29 is 17.4 Å². The van der Waals surface area contributed by atoms with Crippen molar-refractivity contribution in [1.82, 2.24) is 39.9 Å². The molecule has 0 fully saturated rings. The van der Waals surface area contributed by atoms with Crippen LogP contribution in [0.3, 0.4) is 0 Å². The molecule has 0 radical (unpaired) electrons. The van der Waals surface area contributed by atoms with Gasteiger partial charge in [-0.1, -0.05) is 97.1 Å². The number of aromatic amines is 2. The smallest absolute Gasteiger partial charge is 0.164 e. The molecule has 2 aliphatic rings. The third-order valence-corrected chi connectivity index (χ3v) is 7.46. The molecule has 9 heteroatoms. The quantitative estimate of drug-likeness (QED) is 0.207. The zero-order chi connectivity index (χ0) is 26.2. The molecular weight excluding hydrogens is 548 g/mol. The number of fused-ring (bicyclic) bond motifs is 20. The average molecular weight is 567 g/mol. The van der Waals surface area contributed by atoms with Crippen LogP contribution in [0.2, 0.25) is 0 Å². The molecule has 4 aromatic carbocycles. The van der Waals surface area contributed by atoms with Crippen molar-refractivity contribution >= 4 is 44.1 Å². The number of nitrogens with one attached hydrogen (secondary N) is 2. The zero-order valence-corrected chi connectivity index (χ0v) is 22.6. The maximum Gasteiger partial charge on any atom is 0.164 e. The number of nitrogens with zero attached hydrogens (tertiary/aromatic N) is 6. The zero-order valence-electron chi connectivity index (χ0n) is 21.3. The summed E-state index contributed by atoms with van der Waals surface area (Å²) in [6, 6.07) is 32.2. The van der Waals surface area contributed by atoms with Crippen LogP contribution in [0, 0.1) is 0 Å². The van der Waals surface area contributed by atoms with Crippen LogP contribution in [0.1, 0.15) is 0 Å². The van der Waals surface area contributed by atoms with Crippen LogP contribution in [0.25, 0.3) is 89.7 Å². The van der Waals surface area contributed by atoms with E-state index in [2.05, 4.69) is 9.97 Å². The van der Waals surface area contributed by atoms with Crippen molar-refractivity contribution in [3.63, 3.8) is 0 Å². The third kappa shape index (κ3) is 3.54. The summed E-state index contributed by atoms with van der Waals surface area (Å²) in [7, 11) is 0. The van der Waals surface area contributed by atoms with Crippen LogP contribution in [-0.4, -0.2) is 39.9 Å². The van der Waals surface area contributed by atoms with Gasteiger partial charge in [-0.3, -0.25) is 0 Å². The van der Waals surface area contributed by atoms with Crippen molar-refractivity contribution in [3.8, 4) is 45.6 Å². The topological polar surface area (TPSA) is 109 Å². The number of rotatable bonds is 0. The molecule has 2 aliphatic heterocycles. The van der Waals surface area contributed by atoms with E-state index in [1.165, 1.54) is 0 Å². The largest absolute Gasteiger partial charge is 0.324 e. The van der Waals surface area contributed by atoms with Gasteiger partial charge in [-0.15, -0.1) is 0 Å². The fourth-order valence-corrected chi connectivity index (χ4v) is 5.59. The molecule has 0 atom stereocenters. The van der Waals surface area contributed by atoms with E-state index in [4.69, 9.17) is 29.9 Å². The maximum atomic E-state index is 5.02. The van der Waals surface area contributed by atoms with Crippen molar-refractivity contribution in [3.05, 3.63) is 97.1 Å². The van der Waals surface area contributed by atoms with Gasteiger partial charge < -0.3 is 9.97 Å². The Balaban J connectivity index is 0.00000256. The van der Waals surface area contributed by atoms with E-state index in [-0.39, 0.29) is 17.4 Å². The van der Waals surface area contributed by atoms with Crippen LogP contribution in [0.15, 0.2) is 97.1 Å². The van der Waals surface area contributed by atoms with Crippen molar-refractivity contribution in [2.24, 2.45) is 0 Å². The van der Waals surface area contributed by atoms with E-state index in [1.807, 2.05) is 97.1 Å². The SMILES string of the molecule is [Cr].c1ccc2c(c1)-c1nc-2nc2[nH]c(nc3nc(nc4[nH]c(n1)c1ccccc41)-c1ccccc1-3)c1ccccc21. The predicted octanol–water partition coefficient (Wildman–Crippen LogP) is 6.87. The molecular formula is C32H18CrN8. The molecule has 0 spiro atoms.